The van der Waals surface area contributed by atoms with Crippen LogP contribution in [0.1, 0.15) is 29.7 Å². The number of hydrogen-bond donors (Lipinski definition) is 2. The summed E-state index contributed by atoms with van der Waals surface area (Å²) in [4.78, 5) is 3.23. The molecule has 1 heterocycles. The van der Waals surface area contributed by atoms with E-state index < -0.39 is 0 Å². The molecule has 3 nitrogen and oxygen atoms in total. The Morgan fingerprint density at radius 1 is 1.14 bits per heavy atom. The van der Waals surface area contributed by atoms with Crippen LogP contribution in [0.3, 0.4) is 0 Å². The number of benzene rings is 2. The summed E-state index contributed by atoms with van der Waals surface area (Å²) < 4.78 is 0. The number of aromatic nitrogens is 1. The Bertz CT molecular complexity index is 778. The van der Waals surface area contributed by atoms with Crippen molar-refractivity contribution in [3.05, 3.63) is 71.4 Å². The first kappa shape index (κ1) is 13.4. The van der Waals surface area contributed by atoms with E-state index in [1.54, 1.807) is 0 Å². The van der Waals surface area contributed by atoms with Gasteiger partial charge in [-0.05, 0) is 42.3 Å². The Kier molecular flexibility index (Phi) is 3.72. The average molecular weight is 275 g/mol. The Hall–Kier alpha value is -2.57. The number of hydrogen-bond acceptors (Lipinski definition) is 2. The van der Waals surface area contributed by atoms with E-state index in [1.807, 2.05) is 30.5 Å². The lowest BCUT2D eigenvalue weighted by molar-refractivity contribution is 0.576. The lowest BCUT2D eigenvalue weighted by Crippen LogP contribution is -2.18. The number of nitrogens with zero attached hydrogens (tertiary/aromatic N) is 1. The fraction of sp³-hybridized carbons (Fsp3) is 0.167. The average Bonchev–Trinajstić information content (AvgIpc) is 3.02. The first-order valence-corrected chi connectivity index (χ1v) is 7.06. The summed E-state index contributed by atoms with van der Waals surface area (Å²) in [6.45, 7) is 2.95. The van der Waals surface area contributed by atoms with E-state index in [0.29, 0.717) is 5.56 Å². The van der Waals surface area contributed by atoms with Crippen molar-refractivity contribution in [1.29, 1.82) is 5.26 Å². The van der Waals surface area contributed by atoms with Crippen LogP contribution in [0.5, 0.6) is 0 Å². The molecule has 104 valence electrons. The van der Waals surface area contributed by atoms with Gasteiger partial charge >= 0.3 is 0 Å². The van der Waals surface area contributed by atoms with Gasteiger partial charge in [-0.15, -0.1) is 0 Å². The number of nitrogens with one attached hydrogen (secondary N) is 2. The summed E-state index contributed by atoms with van der Waals surface area (Å²) in [5.74, 6) is 0. The monoisotopic (exact) mass is 275 g/mol. The highest BCUT2D eigenvalue weighted by Crippen LogP contribution is 2.19. The first-order valence-electron chi connectivity index (χ1n) is 7.06. The van der Waals surface area contributed by atoms with Crippen LogP contribution < -0.4 is 5.32 Å². The molecule has 3 aromatic rings. The van der Waals surface area contributed by atoms with Crippen molar-refractivity contribution < 1.29 is 0 Å². The van der Waals surface area contributed by atoms with E-state index in [2.05, 4.69) is 47.6 Å². The summed E-state index contributed by atoms with van der Waals surface area (Å²) in [6.07, 6.45) is 1.97. The predicted molar refractivity (Wildman–Crippen MR) is 84.7 cm³/mol. The molecule has 0 spiro atoms. The van der Waals surface area contributed by atoms with Gasteiger partial charge < -0.3 is 10.3 Å². The van der Waals surface area contributed by atoms with Gasteiger partial charge in [0, 0.05) is 29.7 Å². The van der Waals surface area contributed by atoms with Gasteiger partial charge in [0.1, 0.15) is 0 Å². The highest BCUT2D eigenvalue weighted by Gasteiger charge is 2.07. The third-order valence-corrected chi connectivity index (χ3v) is 3.82. The van der Waals surface area contributed by atoms with Crippen molar-refractivity contribution in [2.45, 2.75) is 19.5 Å². The predicted octanol–water partition coefficient (Wildman–Crippen LogP) is 3.89. The topological polar surface area (TPSA) is 51.6 Å². The second kappa shape index (κ2) is 5.82. The van der Waals surface area contributed by atoms with Crippen molar-refractivity contribution in [2.75, 3.05) is 0 Å². The normalized spacial score (nSPS) is 12.2. The summed E-state index contributed by atoms with van der Waals surface area (Å²) in [5.41, 5.74) is 4.34. The van der Waals surface area contributed by atoms with Crippen molar-refractivity contribution in [2.24, 2.45) is 0 Å². The van der Waals surface area contributed by atoms with Crippen LogP contribution in [-0.2, 0) is 6.54 Å². The third kappa shape index (κ3) is 2.81. The SMILES string of the molecule is CC(NCc1cccc2[nH]ccc12)c1ccc(C#N)cc1. The smallest absolute Gasteiger partial charge is 0.0991 e. The molecule has 0 aliphatic rings. The van der Waals surface area contributed by atoms with E-state index in [0.717, 1.165) is 6.54 Å². The van der Waals surface area contributed by atoms with E-state index >= 15 is 0 Å². The molecule has 0 aliphatic carbocycles. The summed E-state index contributed by atoms with van der Waals surface area (Å²) in [6, 6.07) is 18.5. The molecule has 0 saturated heterocycles. The maximum atomic E-state index is 8.83. The van der Waals surface area contributed by atoms with E-state index in [4.69, 9.17) is 5.26 Å². The molecule has 0 aliphatic heterocycles. The Labute approximate surface area is 124 Å². The van der Waals surface area contributed by atoms with Crippen LogP contribution in [0, 0.1) is 11.3 Å². The molecule has 1 unspecified atom stereocenters. The molecule has 0 fully saturated rings. The Morgan fingerprint density at radius 2 is 1.95 bits per heavy atom. The van der Waals surface area contributed by atoms with Crippen LogP contribution in [-0.4, -0.2) is 4.98 Å². The molecule has 1 aromatic heterocycles. The molecule has 3 heteroatoms. The number of aromatic amines is 1. The number of rotatable bonds is 4. The Balaban J connectivity index is 1.72. The molecular weight excluding hydrogens is 258 g/mol. The Morgan fingerprint density at radius 3 is 2.71 bits per heavy atom. The van der Waals surface area contributed by atoms with E-state index in [1.165, 1.54) is 22.0 Å². The number of H-pyrrole nitrogens is 1. The minimum absolute atomic E-state index is 0.243. The molecule has 0 saturated carbocycles. The van der Waals surface area contributed by atoms with Gasteiger partial charge in [0.25, 0.3) is 0 Å². The molecule has 2 N–H and O–H groups in total. The standard InChI is InChI=1S/C18H17N3/c1-13(15-7-5-14(11-19)6-8-15)21-12-16-3-2-4-18-17(16)9-10-20-18/h2-10,13,20-21H,12H2,1H3. The minimum Gasteiger partial charge on any atom is -0.361 e. The van der Waals surface area contributed by atoms with Gasteiger partial charge in [0.05, 0.1) is 11.6 Å². The number of nitriles is 1. The second-order valence-corrected chi connectivity index (χ2v) is 5.19. The largest absolute Gasteiger partial charge is 0.361 e. The molecule has 0 bridgehead atoms. The van der Waals surface area contributed by atoms with Crippen molar-refractivity contribution in [3.63, 3.8) is 0 Å². The lowest BCUT2D eigenvalue weighted by Gasteiger charge is -2.15. The molecule has 0 radical (unpaired) electrons. The first-order chi connectivity index (χ1) is 10.3. The van der Waals surface area contributed by atoms with Crippen LogP contribution >= 0.6 is 0 Å². The zero-order chi connectivity index (χ0) is 14.7. The zero-order valence-electron chi connectivity index (χ0n) is 11.9. The van der Waals surface area contributed by atoms with Gasteiger partial charge in [-0.2, -0.15) is 5.26 Å². The quantitative estimate of drug-likeness (QED) is 0.759. The molecule has 2 aromatic carbocycles. The van der Waals surface area contributed by atoms with Gasteiger partial charge in [0.2, 0.25) is 0 Å². The minimum atomic E-state index is 0.243. The van der Waals surface area contributed by atoms with Crippen molar-refractivity contribution in [1.82, 2.24) is 10.3 Å². The fourth-order valence-electron chi connectivity index (χ4n) is 2.53. The van der Waals surface area contributed by atoms with Crippen LogP contribution in [0.25, 0.3) is 10.9 Å². The van der Waals surface area contributed by atoms with E-state index in [-0.39, 0.29) is 6.04 Å². The summed E-state index contributed by atoms with van der Waals surface area (Å²) in [7, 11) is 0. The highest BCUT2D eigenvalue weighted by atomic mass is 14.9. The van der Waals surface area contributed by atoms with Crippen LogP contribution in [0.2, 0.25) is 0 Å². The second-order valence-electron chi connectivity index (χ2n) is 5.19. The fourth-order valence-corrected chi connectivity index (χ4v) is 2.53. The summed E-state index contributed by atoms with van der Waals surface area (Å²) in [5, 5.41) is 13.6. The van der Waals surface area contributed by atoms with Crippen molar-refractivity contribution in [3.8, 4) is 6.07 Å². The molecule has 1 atom stereocenters. The lowest BCUT2D eigenvalue weighted by atomic mass is 10.1. The van der Waals surface area contributed by atoms with Gasteiger partial charge in [-0.25, -0.2) is 0 Å². The van der Waals surface area contributed by atoms with Gasteiger partial charge in [-0.3, -0.25) is 0 Å². The third-order valence-electron chi connectivity index (χ3n) is 3.82. The van der Waals surface area contributed by atoms with Gasteiger partial charge in [0.15, 0.2) is 0 Å². The molecular formula is C18H17N3. The van der Waals surface area contributed by atoms with Crippen molar-refractivity contribution >= 4 is 10.9 Å². The van der Waals surface area contributed by atoms with Crippen LogP contribution in [0.4, 0.5) is 0 Å². The number of fused-ring (bicyclic) bond motifs is 1. The molecule has 21 heavy (non-hydrogen) atoms. The zero-order valence-corrected chi connectivity index (χ0v) is 11.9. The summed E-state index contributed by atoms with van der Waals surface area (Å²) >= 11 is 0. The van der Waals surface area contributed by atoms with E-state index in [9.17, 15) is 0 Å². The molecule has 0 amide bonds. The maximum absolute atomic E-state index is 8.83. The maximum Gasteiger partial charge on any atom is 0.0991 e. The molecule has 3 rings (SSSR count). The van der Waals surface area contributed by atoms with Gasteiger partial charge in [-0.1, -0.05) is 24.3 Å². The van der Waals surface area contributed by atoms with Crippen LogP contribution in [0.15, 0.2) is 54.7 Å². The highest BCUT2D eigenvalue weighted by molar-refractivity contribution is 5.82.